The Morgan fingerprint density at radius 1 is 1.08 bits per heavy atom. The smallest absolute Gasteiger partial charge is 0.343 e. The van der Waals surface area contributed by atoms with Crippen LogP contribution in [0.2, 0.25) is 0 Å². The summed E-state index contributed by atoms with van der Waals surface area (Å²) in [6, 6.07) is 13.7. The van der Waals surface area contributed by atoms with Crippen molar-refractivity contribution in [1.82, 2.24) is 4.90 Å². The fraction of sp³-hybridized carbons (Fsp3) is 0.105. The summed E-state index contributed by atoms with van der Waals surface area (Å²) in [6.07, 6.45) is 5.63. The van der Waals surface area contributed by atoms with Gasteiger partial charge < -0.3 is 14.2 Å². The molecule has 0 unspecified atom stereocenters. The van der Waals surface area contributed by atoms with Crippen molar-refractivity contribution in [3.8, 4) is 11.5 Å². The second kappa shape index (κ2) is 6.34. The average Bonchev–Trinajstić information content (AvgIpc) is 2.74. The SMILES string of the molecule is O=S1(=O)Oc2ccccc2N=C2C1=CC=CN2CCc1ccc(O)cc1. The van der Waals surface area contributed by atoms with Crippen LogP contribution in [0.1, 0.15) is 5.56 Å². The van der Waals surface area contributed by atoms with Crippen molar-refractivity contribution in [3.05, 3.63) is 77.4 Å². The first-order valence-electron chi connectivity index (χ1n) is 8.08. The number of amidine groups is 1. The number of allylic oxidation sites excluding steroid dienone is 2. The highest BCUT2D eigenvalue weighted by Gasteiger charge is 2.33. The first-order chi connectivity index (χ1) is 12.5. The molecule has 0 saturated heterocycles. The second-order valence-corrected chi connectivity index (χ2v) is 7.44. The van der Waals surface area contributed by atoms with Crippen LogP contribution < -0.4 is 4.18 Å². The normalized spacial score (nSPS) is 17.3. The lowest BCUT2D eigenvalue weighted by atomic mass is 10.1. The highest BCUT2D eigenvalue weighted by Crippen LogP contribution is 2.35. The number of phenolic OH excluding ortho intramolecular Hbond substituents is 1. The summed E-state index contributed by atoms with van der Waals surface area (Å²) in [5.41, 5.74) is 1.50. The molecule has 0 fully saturated rings. The molecule has 2 aromatic rings. The number of fused-ring (bicyclic) bond motifs is 2. The summed E-state index contributed by atoms with van der Waals surface area (Å²) in [7, 11) is -3.95. The molecule has 0 bridgehead atoms. The topological polar surface area (TPSA) is 79.2 Å². The van der Waals surface area contributed by atoms with Gasteiger partial charge in [-0.15, -0.1) is 0 Å². The number of hydrogen-bond donors (Lipinski definition) is 1. The maximum absolute atomic E-state index is 12.6. The van der Waals surface area contributed by atoms with Crippen molar-refractivity contribution in [2.75, 3.05) is 6.54 Å². The average molecular weight is 368 g/mol. The van der Waals surface area contributed by atoms with Gasteiger partial charge in [-0.25, -0.2) is 4.99 Å². The van der Waals surface area contributed by atoms with E-state index in [9.17, 15) is 13.5 Å². The zero-order valence-electron chi connectivity index (χ0n) is 13.7. The van der Waals surface area contributed by atoms with Gasteiger partial charge in [0.1, 0.15) is 16.3 Å². The van der Waals surface area contributed by atoms with E-state index in [1.165, 1.54) is 6.08 Å². The zero-order valence-corrected chi connectivity index (χ0v) is 14.6. The number of rotatable bonds is 3. The van der Waals surface area contributed by atoms with Gasteiger partial charge in [0.15, 0.2) is 11.6 Å². The van der Waals surface area contributed by atoms with Crippen LogP contribution in [0.5, 0.6) is 11.5 Å². The fourth-order valence-electron chi connectivity index (χ4n) is 2.83. The quantitative estimate of drug-likeness (QED) is 0.842. The third-order valence-corrected chi connectivity index (χ3v) is 5.40. The molecule has 2 aliphatic rings. The van der Waals surface area contributed by atoms with Crippen LogP contribution in [-0.2, 0) is 16.5 Å². The van der Waals surface area contributed by atoms with E-state index >= 15 is 0 Å². The molecular formula is C19H16N2O4S. The van der Waals surface area contributed by atoms with E-state index in [-0.39, 0.29) is 16.4 Å². The predicted octanol–water partition coefficient (Wildman–Crippen LogP) is 3.10. The standard InChI is InChI=1S/C19H16N2O4S/c22-15-9-7-14(8-10-15)11-13-21-12-3-6-18-19(21)20-16-4-1-2-5-17(16)25-26(18,23)24/h1-10,12,22H,11,13H2. The van der Waals surface area contributed by atoms with Crippen molar-refractivity contribution in [1.29, 1.82) is 0 Å². The van der Waals surface area contributed by atoms with Crippen LogP contribution >= 0.6 is 0 Å². The highest BCUT2D eigenvalue weighted by atomic mass is 32.2. The summed E-state index contributed by atoms with van der Waals surface area (Å²) in [6.45, 7) is 0.537. The van der Waals surface area contributed by atoms with Gasteiger partial charge in [-0.3, -0.25) is 0 Å². The molecule has 0 aromatic heterocycles. The molecule has 26 heavy (non-hydrogen) atoms. The van der Waals surface area contributed by atoms with Gasteiger partial charge in [0.2, 0.25) is 0 Å². The van der Waals surface area contributed by atoms with Gasteiger partial charge in [-0.1, -0.05) is 24.3 Å². The minimum absolute atomic E-state index is 0.0434. The van der Waals surface area contributed by atoms with E-state index in [4.69, 9.17) is 4.18 Å². The molecular weight excluding hydrogens is 352 g/mol. The molecule has 1 N–H and O–H groups in total. The van der Waals surface area contributed by atoms with Crippen LogP contribution in [0.25, 0.3) is 0 Å². The van der Waals surface area contributed by atoms with E-state index in [0.717, 1.165) is 5.56 Å². The second-order valence-electron chi connectivity index (χ2n) is 5.92. The Kier molecular flexibility index (Phi) is 4.00. The van der Waals surface area contributed by atoms with E-state index in [2.05, 4.69) is 4.99 Å². The number of aromatic hydroxyl groups is 1. The van der Waals surface area contributed by atoms with Crippen LogP contribution in [0.4, 0.5) is 5.69 Å². The minimum atomic E-state index is -3.95. The first-order valence-corrected chi connectivity index (χ1v) is 9.49. The Balaban J connectivity index is 1.67. The van der Waals surface area contributed by atoms with Crippen molar-refractivity contribution in [2.45, 2.75) is 6.42 Å². The van der Waals surface area contributed by atoms with Crippen molar-refractivity contribution < 1.29 is 17.7 Å². The third-order valence-electron chi connectivity index (χ3n) is 4.14. The number of benzene rings is 2. The molecule has 0 spiro atoms. The van der Waals surface area contributed by atoms with Crippen LogP contribution in [0, 0.1) is 0 Å². The number of phenols is 1. The summed E-state index contributed by atoms with van der Waals surface area (Å²) < 4.78 is 30.4. The molecule has 0 atom stereocenters. The number of hydrogen-bond acceptors (Lipinski definition) is 6. The molecule has 0 aliphatic carbocycles. The molecule has 0 amide bonds. The monoisotopic (exact) mass is 368 g/mol. The summed E-state index contributed by atoms with van der Waals surface area (Å²) in [4.78, 5) is 6.38. The molecule has 2 aliphatic heterocycles. The molecule has 0 radical (unpaired) electrons. The first kappa shape index (κ1) is 16.4. The van der Waals surface area contributed by atoms with Gasteiger partial charge in [0.25, 0.3) is 0 Å². The van der Waals surface area contributed by atoms with E-state index in [1.54, 1.807) is 53.6 Å². The fourth-order valence-corrected chi connectivity index (χ4v) is 3.92. The lowest BCUT2D eigenvalue weighted by molar-refractivity contribution is 0.474. The van der Waals surface area contributed by atoms with E-state index in [0.29, 0.717) is 24.5 Å². The van der Waals surface area contributed by atoms with Crippen LogP contribution in [0.15, 0.2) is 76.8 Å². The van der Waals surface area contributed by atoms with Crippen molar-refractivity contribution >= 4 is 21.6 Å². The van der Waals surface area contributed by atoms with Crippen molar-refractivity contribution in [2.24, 2.45) is 4.99 Å². The molecule has 2 heterocycles. The molecule has 2 aromatic carbocycles. The van der Waals surface area contributed by atoms with Gasteiger partial charge in [-0.2, -0.15) is 8.42 Å². The largest absolute Gasteiger partial charge is 0.508 e. The highest BCUT2D eigenvalue weighted by molar-refractivity contribution is 7.92. The molecule has 6 nitrogen and oxygen atoms in total. The Morgan fingerprint density at radius 2 is 1.85 bits per heavy atom. The van der Waals surface area contributed by atoms with E-state index < -0.39 is 10.1 Å². The number of para-hydroxylation sites is 2. The van der Waals surface area contributed by atoms with Gasteiger partial charge in [0.05, 0.1) is 0 Å². The maximum atomic E-state index is 12.6. The van der Waals surface area contributed by atoms with Crippen molar-refractivity contribution in [3.63, 3.8) is 0 Å². The Labute approximate surface area is 151 Å². The van der Waals surface area contributed by atoms with E-state index in [1.807, 2.05) is 12.1 Å². The number of aliphatic imine (C=N–C) groups is 1. The Bertz CT molecular complexity index is 1040. The van der Waals surface area contributed by atoms with Crippen LogP contribution in [0.3, 0.4) is 0 Å². The summed E-state index contributed by atoms with van der Waals surface area (Å²) in [5.74, 6) is 0.773. The van der Waals surface area contributed by atoms with Gasteiger partial charge >= 0.3 is 10.1 Å². The Morgan fingerprint density at radius 3 is 2.65 bits per heavy atom. The molecule has 7 heteroatoms. The maximum Gasteiger partial charge on any atom is 0.343 e. The minimum Gasteiger partial charge on any atom is -0.508 e. The predicted molar refractivity (Wildman–Crippen MR) is 98.8 cm³/mol. The number of nitrogens with zero attached hydrogens (tertiary/aromatic N) is 2. The summed E-state index contributed by atoms with van der Waals surface area (Å²) >= 11 is 0. The molecule has 4 rings (SSSR count). The zero-order chi connectivity index (χ0) is 18.1. The van der Waals surface area contributed by atoms with Gasteiger partial charge in [-0.05, 0) is 48.4 Å². The molecule has 132 valence electrons. The molecule has 0 saturated carbocycles. The summed E-state index contributed by atoms with van der Waals surface area (Å²) in [5, 5.41) is 9.38. The van der Waals surface area contributed by atoms with Crippen LogP contribution in [-0.4, -0.2) is 30.8 Å². The Hall–Kier alpha value is -3.06. The van der Waals surface area contributed by atoms with Gasteiger partial charge in [0, 0.05) is 12.7 Å². The third kappa shape index (κ3) is 3.09. The lowest BCUT2D eigenvalue weighted by Gasteiger charge is -2.24. The lowest BCUT2D eigenvalue weighted by Crippen LogP contribution is -2.34.